The number of hydrogen-bond donors (Lipinski definition) is 2. The Hall–Kier alpha value is -0.720. The van der Waals surface area contributed by atoms with Gasteiger partial charge in [-0.1, -0.05) is 26.7 Å². The van der Waals surface area contributed by atoms with Crippen LogP contribution < -0.4 is 10.6 Å². The number of furan rings is 1. The number of halogens is 1. The molecule has 1 aromatic heterocycles. The summed E-state index contributed by atoms with van der Waals surface area (Å²) < 4.78 is 5.31. The minimum atomic E-state index is 0. The van der Waals surface area contributed by atoms with Crippen molar-refractivity contribution < 1.29 is 4.42 Å². The first-order valence-electron chi connectivity index (χ1n) is 7.34. The summed E-state index contributed by atoms with van der Waals surface area (Å²) in [5.41, 5.74) is 0. The molecule has 0 amide bonds. The highest BCUT2D eigenvalue weighted by molar-refractivity contribution is 14.0. The third-order valence-electron chi connectivity index (χ3n) is 3.25. The van der Waals surface area contributed by atoms with Crippen molar-refractivity contribution in [1.82, 2.24) is 10.6 Å². The zero-order chi connectivity index (χ0) is 13.9. The largest absolute Gasteiger partial charge is 0.469 e. The van der Waals surface area contributed by atoms with Gasteiger partial charge in [0.15, 0.2) is 5.96 Å². The first-order chi connectivity index (χ1) is 9.30. The second-order valence-electron chi connectivity index (χ2n) is 4.66. The predicted octanol–water partition coefficient (Wildman–Crippen LogP) is 3.43. The number of guanidine groups is 1. The van der Waals surface area contributed by atoms with Gasteiger partial charge in [0.05, 0.1) is 6.26 Å². The monoisotopic (exact) mass is 393 g/mol. The Morgan fingerprint density at radius 1 is 1.25 bits per heavy atom. The molecule has 4 nitrogen and oxygen atoms in total. The average molecular weight is 393 g/mol. The maximum absolute atomic E-state index is 5.31. The molecule has 0 bridgehead atoms. The van der Waals surface area contributed by atoms with Gasteiger partial charge >= 0.3 is 0 Å². The Balaban J connectivity index is 0.00000361. The van der Waals surface area contributed by atoms with E-state index in [2.05, 4.69) is 36.4 Å². The lowest BCUT2D eigenvalue weighted by Gasteiger charge is -2.13. The molecule has 0 aromatic carbocycles. The van der Waals surface area contributed by atoms with Crippen LogP contribution >= 0.6 is 24.0 Å². The fraction of sp³-hybridized carbons (Fsp3) is 0.667. The van der Waals surface area contributed by atoms with E-state index >= 15 is 0 Å². The van der Waals surface area contributed by atoms with Crippen LogP contribution in [-0.2, 0) is 6.42 Å². The lowest BCUT2D eigenvalue weighted by molar-refractivity contribution is 0.500. The van der Waals surface area contributed by atoms with Crippen LogP contribution in [0.5, 0.6) is 0 Å². The third-order valence-corrected chi connectivity index (χ3v) is 3.25. The van der Waals surface area contributed by atoms with Crippen molar-refractivity contribution in [2.45, 2.75) is 40.0 Å². The van der Waals surface area contributed by atoms with Crippen LogP contribution in [-0.4, -0.2) is 25.6 Å². The molecule has 0 saturated heterocycles. The van der Waals surface area contributed by atoms with E-state index in [0.717, 1.165) is 37.8 Å². The Morgan fingerprint density at radius 3 is 2.55 bits per heavy atom. The van der Waals surface area contributed by atoms with Crippen LogP contribution in [0.1, 0.15) is 39.4 Å². The highest BCUT2D eigenvalue weighted by Gasteiger charge is 2.03. The molecule has 0 radical (unpaired) electrons. The van der Waals surface area contributed by atoms with Crippen molar-refractivity contribution in [1.29, 1.82) is 0 Å². The molecule has 116 valence electrons. The molecule has 0 atom stereocenters. The minimum Gasteiger partial charge on any atom is -0.469 e. The van der Waals surface area contributed by atoms with Gasteiger partial charge in [-0.2, -0.15) is 0 Å². The lowest BCUT2D eigenvalue weighted by Crippen LogP contribution is -2.38. The molecule has 1 heterocycles. The summed E-state index contributed by atoms with van der Waals surface area (Å²) >= 11 is 0. The van der Waals surface area contributed by atoms with Crippen LogP contribution in [0, 0.1) is 5.92 Å². The maximum Gasteiger partial charge on any atom is 0.191 e. The summed E-state index contributed by atoms with van der Waals surface area (Å²) in [7, 11) is 0. The Labute approximate surface area is 139 Å². The van der Waals surface area contributed by atoms with E-state index in [1.54, 1.807) is 6.26 Å². The van der Waals surface area contributed by atoms with E-state index in [1.807, 2.05) is 12.1 Å². The van der Waals surface area contributed by atoms with Crippen molar-refractivity contribution in [2.75, 3.05) is 19.6 Å². The Morgan fingerprint density at radius 2 is 2.00 bits per heavy atom. The summed E-state index contributed by atoms with van der Waals surface area (Å²) in [4.78, 5) is 4.64. The molecular weight excluding hydrogens is 365 g/mol. The Kier molecular flexibility index (Phi) is 11.6. The van der Waals surface area contributed by atoms with Gasteiger partial charge in [0, 0.05) is 26.1 Å². The highest BCUT2D eigenvalue weighted by Crippen LogP contribution is 2.07. The van der Waals surface area contributed by atoms with Crippen LogP contribution in [0.2, 0.25) is 0 Å². The highest BCUT2D eigenvalue weighted by atomic mass is 127. The lowest BCUT2D eigenvalue weighted by atomic mass is 10.0. The molecule has 0 saturated carbocycles. The second kappa shape index (κ2) is 12.1. The quantitative estimate of drug-likeness (QED) is 0.404. The van der Waals surface area contributed by atoms with Gasteiger partial charge in [-0.05, 0) is 25.0 Å². The fourth-order valence-corrected chi connectivity index (χ4v) is 1.87. The smallest absolute Gasteiger partial charge is 0.191 e. The molecule has 5 heteroatoms. The molecule has 1 rings (SSSR count). The molecule has 2 N–H and O–H groups in total. The van der Waals surface area contributed by atoms with Gasteiger partial charge in [-0.25, -0.2) is 0 Å². The van der Waals surface area contributed by atoms with Gasteiger partial charge in [0.25, 0.3) is 0 Å². The van der Waals surface area contributed by atoms with E-state index in [0.29, 0.717) is 5.92 Å². The molecule has 0 aliphatic heterocycles. The van der Waals surface area contributed by atoms with Crippen LogP contribution in [0.15, 0.2) is 27.8 Å². The summed E-state index contributed by atoms with van der Waals surface area (Å²) in [6.45, 7) is 9.14. The van der Waals surface area contributed by atoms with Gasteiger partial charge in [0.1, 0.15) is 5.76 Å². The zero-order valence-corrected chi connectivity index (χ0v) is 15.1. The number of nitrogens with zero attached hydrogens (tertiary/aromatic N) is 1. The molecule has 0 fully saturated rings. The van der Waals surface area contributed by atoms with Gasteiger partial charge in [0.2, 0.25) is 0 Å². The first kappa shape index (κ1) is 19.3. The molecule has 1 aromatic rings. The molecular formula is C15H28IN3O. The van der Waals surface area contributed by atoms with Crippen LogP contribution in [0.25, 0.3) is 0 Å². The number of hydrogen-bond acceptors (Lipinski definition) is 2. The van der Waals surface area contributed by atoms with Gasteiger partial charge in [-0.15, -0.1) is 24.0 Å². The number of nitrogens with one attached hydrogen (secondary N) is 2. The van der Waals surface area contributed by atoms with Crippen molar-refractivity contribution in [3.63, 3.8) is 0 Å². The molecule has 0 spiro atoms. The summed E-state index contributed by atoms with van der Waals surface area (Å²) in [6, 6.07) is 3.91. The number of rotatable bonds is 8. The predicted molar refractivity (Wildman–Crippen MR) is 95.9 cm³/mol. The van der Waals surface area contributed by atoms with Crippen molar-refractivity contribution in [3.05, 3.63) is 24.2 Å². The maximum atomic E-state index is 5.31. The Bertz CT molecular complexity index is 348. The van der Waals surface area contributed by atoms with E-state index in [1.165, 1.54) is 12.8 Å². The topological polar surface area (TPSA) is 49.6 Å². The van der Waals surface area contributed by atoms with Crippen molar-refractivity contribution in [3.8, 4) is 0 Å². The number of aliphatic imine (C=N–C) groups is 1. The molecule has 0 aliphatic carbocycles. The van der Waals surface area contributed by atoms with E-state index in [4.69, 9.17) is 4.42 Å². The second-order valence-corrected chi connectivity index (χ2v) is 4.66. The third kappa shape index (κ3) is 7.77. The zero-order valence-electron chi connectivity index (χ0n) is 12.8. The van der Waals surface area contributed by atoms with Crippen LogP contribution in [0.3, 0.4) is 0 Å². The van der Waals surface area contributed by atoms with E-state index in [9.17, 15) is 0 Å². The van der Waals surface area contributed by atoms with Gasteiger partial charge < -0.3 is 15.1 Å². The van der Waals surface area contributed by atoms with Crippen LogP contribution in [0.4, 0.5) is 0 Å². The average Bonchev–Trinajstić information content (AvgIpc) is 2.93. The SMILES string of the molecule is CCNC(=NCC(CC)CC)NCCc1ccco1.I. The van der Waals surface area contributed by atoms with Crippen molar-refractivity contribution >= 4 is 29.9 Å². The fourth-order valence-electron chi connectivity index (χ4n) is 1.87. The summed E-state index contributed by atoms with van der Waals surface area (Å²) in [5, 5.41) is 6.62. The first-order valence-corrected chi connectivity index (χ1v) is 7.34. The summed E-state index contributed by atoms with van der Waals surface area (Å²) in [6.07, 6.45) is 4.96. The normalized spacial score (nSPS) is 11.3. The van der Waals surface area contributed by atoms with Gasteiger partial charge in [-0.3, -0.25) is 4.99 Å². The summed E-state index contributed by atoms with van der Waals surface area (Å²) in [5.74, 6) is 2.59. The van der Waals surface area contributed by atoms with E-state index in [-0.39, 0.29) is 24.0 Å². The standard InChI is InChI=1S/C15H27N3O.HI/c1-4-13(5-2)12-18-15(16-6-3)17-10-9-14-8-7-11-19-14;/h7-8,11,13H,4-6,9-10,12H2,1-3H3,(H2,16,17,18);1H. The van der Waals surface area contributed by atoms with E-state index < -0.39 is 0 Å². The molecule has 0 aliphatic rings. The van der Waals surface area contributed by atoms with Crippen molar-refractivity contribution in [2.24, 2.45) is 10.9 Å². The molecule has 20 heavy (non-hydrogen) atoms. The molecule has 0 unspecified atom stereocenters. The minimum absolute atomic E-state index is 0.